The van der Waals surface area contributed by atoms with Crippen molar-refractivity contribution in [2.45, 2.75) is 11.8 Å². The molecule has 0 radical (unpaired) electrons. The molecule has 0 heterocycles. The van der Waals surface area contributed by atoms with E-state index in [1.54, 1.807) is 12.1 Å². The summed E-state index contributed by atoms with van der Waals surface area (Å²) in [5, 5.41) is 0. The van der Waals surface area contributed by atoms with E-state index in [2.05, 4.69) is 0 Å². The molecule has 0 aliphatic rings. The van der Waals surface area contributed by atoms with Crippen molar-refractivity contribution >= 4 is 16.4 Å². The Morgan fingerprint density at radius 2 is 1.48 bits per heavy atom. The fraction of sp³-hybridized carbons (Fsp3) is 0.188. The van der Waals surface area contributed by atoms with Crippen LogP contribution in [0.25, 0.3) is 0 Å². The van der Waals surface area contributed by atoms with Crippen molar-refractivity contribution in [3.8, 4) is 17.2 Å². The van der Waals surface area contributed by atoms with Crippen molar-refractivity contribution in [3.05, 3.63) is 47.5 Å². The molecular formula is C16H16O6S. The van der Waals surface area contributed by atoms with Gasteiger partial charge in [-0.1, -0.05) is 17.7 Å². The van der Waals surface area contributed by atoms with E-state index in [1.165, 1.54) is 38.5 Å². The van der Waals surface area contributed by atoms with Crippen molar-refractivity contribution in [3.63, 3.8) is 0 Å². The number of methoxy groups -OCH3 is 2. The van der Waals surface area contributed by atoms with E-state index < -0.39 is 10.1 Å². The second-order valence-electron chi connectivity index (χ2n) is 4.72. The summed E-state index contributed by atoms with van der Waals surface area (Å²) in [4.78, 5) is 10.9. The molecule has 0 N–H and O–H groups in total. The van der Waals surface area contributed by atoms with E-state index in [0.717, 1.165) is 5.56 Å². The first-order valence-corrected chi connectivity index (χ1v) is 8.04. The van der Waals surface area contributed by atoms with Crippen LogP contribution < -0.4 is 13.7 Å². The number of aldehydes is 1. The molecule has 0 spiro atoms. The first-order valence-electron chi connectivity index (χ1n) is 6.63. The van der Waals surface area contributed by atoms with Gasteiger partial charge >= 0.3 is 10.1 Å². The zero-order valence-electron chi connectivity index (χ0n) is 12.9. The molecular weight excluding hydrogens is 320 g/mol. The average molecular weight is 336 g/mol. The quantitative estimate of drug-likeness (QED) is 0.596. The van der Waals surface area contributed by atoms with Gasteiger partial charge in [0.2, 0.25) is 5.75 Å². The Hall–Kier alpha value is -2.54. The van der Waals surface area contributed by atoms with E-state index in [-0.39, 0.29) is 27.7 Å². The molecule has 0 unspecified atom stereocenters. The van der Waals surface area contributed by atoms with Gasteiger partial charge in [-0.15, -0.1) is 0 Å². The van der Waals surface area contributed by atoms with Crippen molar-refractivity contribution in [2.75, 3.05) is 14.2 Å². The Morgan fingerprint density at radius 3 is 1.91 bits per heavy atom. The molecule has 6 nitrogen and oxygen atoms in total. The number of hydrogen-bond acceptors (Lipinski definition) is 6. The molecule has 0 bridgehead atoms. The van der Waals surface area contributed by atoms with Gasteiger partial charge in [-0.2, -0.15) is 8.42 Å². The highest BCUT2D eigenvalue weighted by molar-refractivity contribution is 7.87. The van der Waals surface area contributed by atoms with Gasteiger partial charge in [-0.3, -0.25) is 4.79 Å². The predicted molar refractivity (Wildman–Crippen MR) is 83.9 cm³/mol. The lowest BCUT2D eigenvalue weighted by Gasteiger charge is -2.14. The number of hydrogen-bond donors (Lipinski definition) is 0. The predicted octanol–water partition coefficient (Wildman–Crippen LogP) is 2.59. The SMILES string of the molecule is COc1cc(C=O)cc(OC)c1OS(=O)(=O)c1ccc(C)cc1. The van der Waals surface area contributed by atoms with Crippen molar-refractivity contribution in [2.24, 2.45) is 0 Å². The minimum Gasteiger partial charge on any atom is -0.493 e. The average Bonchev–Trinajstić information content (AvgIpc) is 2.55. The number of carbonyl (C=O) groups is 1. The third-order valence-corrected chi connectivity index (χ3v) is 4.36. The van der Waals surface area contributed by atoms with Crippen LogP contribution >= 0.6 is 0 Å². The Labute approximate surface area is 134 Å². The minimum atomic E-state index is -4.06. The standard InChI is InChI=1S/C16H16O6S/c1-11-4-6-13(7-5-11)23(18,19)22-16-14(20-2)8-12(10-17)9-15(16)21-3/h4-10H,1-3H3. The van der Waals surface area contributed by atoms with E-state index in [1.807, 2.05) is 6.92 Å². The van der Waals surface area contributed by atoms with Crippen LogP contribution in [0.3, 0.4) is 0 Å². The number of benzene rings is 2. The van der Waals surface area contributed by atoms with Gasteiger partial charge < -0.3 is 13.7 Å². The fourth-order valence-corrected chi connectivity index (χ4v) is 2.86. The molecule has 2 rings (SSSR count). The summed E-state index contributed by atoms with van der Waals surface area (Å²) in [5.41, 5.74) is 1.20. The van der Waals surface area contributed by atoms with Crippen LogP contribution in [0.15, 0.2) is 41.3 Å². The van der Waals surface area contributed by atoms with Crippen LogP contribution in [-0.4, -0.2) is 28.9 Å². The van der Waals surface area contributed by atoms with Crippen LogP contribution in [0.2, 0.25) is 0 Å². The minimum absolute atomic E-state index is 0.00618. The van der Waals surface area contributed by atoms with Gasteiger partial charge in [0.15, 0.2) is 11.5 Å². The summed E-state index contributed by atoms with van der Waals surface area (Å²) >= 11 is 0. The molecule has 0 aliphatic heterocycles. The van der Waals surface area contributed by atoms with Crippen molar-refractivity contribution in [1.82, 2.24) is 0 Å². The maximum absolute atomic E-state index is 12.4. The zero-order chi connectivity index (χ0) is 17.0. The van der Waals surface area contributed by atoms with Gasteiger partial charge in [0.1, 0.15) is 11.2 Å². The lowest BCUT2D eigenvalue weighted by molar-refractivity contribution is 0.112. The third kappa shape index (κ3) is 3.62. The highest BCUT2D eigenvalue weighted by Crippen LogP contribution is 2.39. The largest absolute Gasteiger partial charge is 0.493 e. The van der Waals surface area contributed by atoms with Gasteiger partial charge in [0, 0.05) is 5.56 Å². The molecule has 0 aliphatic carbocycles. The topological polar surface area (TPSA) is 78.9 Å². The van der Waals surface area contributed by atoms with Crippen LogP contribution in [0.4, 0.5) is 0 Å². The Bertz CT molecular complexity index is 784. The summed E-state index contributed by atoms with van der Waals surface area (Å²) in [6, 6.07) is 8.97. The summed E-state index contributed by atoms with van der Waals surface area (Å²) < 4.78 is 40.2. The molecule has 2 aromatic carbocycles. The molecule has 2 aromatic rings. The summed E-state index contributed by atoms with van der Waals surface area (Å²) in [5.74, 6) is 0.0606. The normalized spacial score (nSPS) is 10.9. The third-order valence-electron chi connectivity index (χ3n) is 3.12. The summed E-state index contributed by atoms with van der Waals surface area (Å²) in [7, 11) is -1.38. The summed E-state index contributed by atoms with van der Waals surface area (Å²) in [6.07, 6.45) is 0.600. The second kappa shape index (κ2) is 6.70. The Morgan fingerprint density at radius 1 is 0.957 bits per heavy atom. The fourth-order valence-electron chi connectivity index (χ4n) is 1.91. The van der Waals surface area contributed by atoms with Crippen molar-refractivity contribution < 1.29 is 26.9 Å². The van der Waals surface area contributed by atoms with E-state index in [0.29, 0.717) is 6.29 Å². The van der Waals surface area contributed by atoms with Crippen LogP contribution in [0.1, 0.15) is 15.9 Å². The van der Waals surface area contributed by atoms with E-state index in [9.17, 15) is 13.2 Å². The molecule has 0 fully saturated rings. The van der Waals surface area contributed by atoms with E-state index >= 15 is 0 Å². The first kappa shape index (κ1) is 16.8. The molecule has 0 saturated heterocycles. The molecule has 0 atom stereocenters. The van der Waals surface area contributed by atoms with Crippen LogP contribution in [-0.2, 0) is 10.1 Å². The molecule has 0 saturated carbocycles. The monoisotopic (exact) mass is 336 g/mol. The van der Waals surface area contributed by atoms with E-state index in [4.69, 9.17) is 13.7 Å². The number of carbonyl (C=O) groups excluding carboxylic acids is 1. The van der Waals surface area contributed by atoms with Gasteiger partial charge in [0.25, 0.3) is 0 Å². The van der Waals surface area contributed by atoms with Crippen LogP contribution in [0.5, 0.6) is 17.2 Å². The number of aryl methyl sites for hydroxylation is 1. The highest BCUT2D eigenvalue weighted by Gasteiger charge is 2.23. The number of ether oxygens (including phenoxy) is 2. The second-order valence-corrected chi connectivity index (χ2v) is 6.27. The summed E-state index contributed by atoms with van der Waals surface area (Å²) in [6.45, 7) is 1.85. The molecule has 0 aromatic heterocycles. The van der Waals surface area contributed by atoms with Gasteiger partial charge in [0.05, 0.1) is 14.2 Å². The molecule has 23 heavy (non-hydrogen) atoms. The lowest BCUT2D eigenvalue weighted by Crippen LogP contribution is -2.11. The first-order chi connectivity index (χ1) is 10.9. The van der Waals surface area contributed by atoms with Crippen molar-refractivity contribution in [1.29, 1.82) is 0 Å². The molecule has 122 valence electrons. The van der Waals surface area contributed by atoms with Gasteiger partial charge in [-0.05, 0) is 31.2 Å². The zero-order valence-corrected chi connectivity index (χ0v) is 13.7. The number of rotatable bonds is 6. The Kier molecular flexibility index (Phi) is 4.90. The highest BCUT2D eigenvalue weighted by atomic mass is 32.2. The Balaban J connectivity index is 2.49. The maximum Gasteiger partial charge on any atom is 0.339 e. The molecule has 0 amide bonds. The molecule has 7 heteroatoms. The smallest absolute Gasteiger partial charge is 0.339 e. The lowest BCUT2D eigenvalue weighted by atomic mass is 10.2. The maximum atomic E-state index is 12.4. The van der Waals surface area contributed by atoms with Crippen LogP contribution in [0, 0.1) is 6.92 Å². The van der Waals surface area contributed by atoms with Gasteiger partial charge in [-0.25, -0.2) is 0 Å².